The fourth-order valence-electron chi connectivity index (χ4n) is 1.59. The van der Waals surface area contributed by atoms with E-state index < -0.39 is 0 Å². The third-order valence-electron chi connectivity index (χ3n) is 2.19. The highest BCUT2D eigenvalue weighted by Gasteiger charge is 2.16. The minimum Gasteiger partial charge on any atom is -0.310 e. The van der Waals surface area contributed by atoms with Gasteiger partial charge in [-0.15, -0.1) is 0 Å². The zero-order chi connectivity index (χ0) is 8.39. The summed E-state index contributed by atoms with van der Waals surface area (Å²) in [7, 11) is 0. The minimum absolute atomic E-state index is 0.249. The lowest BCUT2D eigenvalue weighted by molar-refractivity contribution is 0.598. The maximum Gasteiger partial charge on any atom is 0.141 e. The van der Waals surface area contributed by atoms with Crippen LogP contribution in [0.15, 0.2) is 18.5 Å². The second kappa shape index (κ2) is 3.19. The van der Waals surface area contributed by atoms with Crippen molar-refractivity contribution >= 4 is 0 Å². The molecule has 0 amide bonds. The van der Waals surface area contributed by atoms with Crippen LogP contribution in [0.3, 0.4) is 0 Å². The molecule has 1 aliphatic rings. The fraction of sp³-hybridized carbons (Fsp3) is 0.444. The molecule has 0 bridgehead atoms. The van der Waals surface area contributed by atoms with E-state index in [0.29, 0.717) is 6.04 Å². The Morgan fingerprint density at radius 3 is 3.08 bits per heavy atom. The molecule has 0 radical (unpaired) electrons. The van der Waals surface area contributed by atoms with Crippen molar-refractivity contribution in [3.63, 3.8) is 0 Å². The van der Waals surface area contributed by atoms with Gasteiger partial charge in [0.15, 0.2) is 0 Å². The molecule has 1 fully saturated rings. The SMILES string of the molecule is Fc1cncc([C@@H]2CCCN2)c1. The highest BCUT2D eigenvalue weighted by molar-refractivity contribution is 5.15. The van der Waals surface area contributed by atoms with E-state index in [-0.39, 0.29) is 5.82 Å². The van der Waals surface area contributed by atoms with Crippen LogP contribution in [0.4, 0.5) is 4.39 Å². The van der Waals surface area contributed by atoms with Gasteiger partial charge in [-0.05, 0) is 31.0 Å². The fourth-order valence-corrected chi connectivity index (χ4v) is 1.59. The van der Waals surface area contributed by atoms with Crippen molar-refractivity contribution in [3.8, 4) is 0 Å². The zero-order valence-electron chi connectivity index (χ0n) is 6.76. The molecule has 3 heteroatoms. The van der Waals surface area contributed by atoms with Crippen LogP contribution in [-0.2, 0) is 0 Å². The molecule has 2 rings (SSSR count). The second-order valence-electron chi connectivity index (χ2n) is 3.09. The zero-order valence-corrected chi connectivity index (χ0v) is 6.76. The van der Waals surface area contributed by atoms with E-state index >= 15 is 0 Å². The van der Waals surface area contributed by atoms with E-state index in [0.717, 1.165) is 18.5 Å². The Morgan fingerprint density at radius 1 is 1.50 bits per heavy atom. The Morgan fingerprint density at radius 2 is 2.42 bits per heavy atom. The van der Waals surface area contributed by atoms with Gasteiger partial charge in [0.05, 0.1) is 6.20 Å². The van der Waals surface area contributed by atoms with Crippen molar-refractivity contribution < 1.29 is 4.39 Å². The molecule has 1 aromatic heterocycles. The lowest BCUT2D eigenvalue weighted by Gasteiger charge is -2.08. The molecular weight excluding hydrogens is 155 g/mol. The largest absolute Gasteiger partial charge is 0.310 e. The molecule has 1 aromatic rings. The molecule has 0 aliphatic carbocycles. The molecule has 1 atom stereocenters. The van der Waals surface area contributed by atoms with Crippen LogP contribution in [0, 0.1) is 5.82 Å². The lowest BCUT2D eigenvalue weighted by atomic mass is 10.1. The van der Waals surface area contributed by atoms with Crippen LogP contribution in [-0.4, -0.2) is 11.5 Å². The predicted octanol–water partition coefficient (Wildman–Crippen LogP) is 1.65. The first kappa shape index (κ1) is 7.68. The second-order valence-corrected chi connectivity index (χ2v) is 3.09. The monoisotopic (exact) mass is 166 g/mol. The van der Waals surface area contributed by atoms with Gasteiger partial charge in [0.25, 0.3) is 0 Å². The number of rotatable bonds is 1. The van der Waals surface area contributed by atoms with Gasteiger partial charge in [-0.1, -0.05) is 0 Å². The number of halogens is 1. The van der Waals surface area contributed by atoms with E-state index in [2.05, 4.69) is 10.3 Å². The summed E-state index contributed by atoms with van der Waals surface area (Å²) < 4.78 is 12.7. The highest BCUT2D eigenvalue weighted by Crippen LogP contribution is 2.22. The van der Waals surface area contributed by atoms with E-state index in [9.17, 15) is 4.39 Å². The summed E-state index contributed by atoms with van der Waals surface area (Å²) in [6.45, 7) is 1.03. The number of hydrogen-bond acceptors (Lipinski definition) is 2. The van der Waals surface area contributed by atoms with Crippen molar-refractivity contribution in [2.24, 2.45) is 0 Å². The van der Waals surface area contributed by atoms with Gasteiger partial charge in [-0.2, -0.15) is 0 Å². The summed E-state index contributed by atoms with van der Waals surface area (Å²) in [5.41, 5.74) is 0.965. The van der Waals surface area contributed by atoms with Gasteiger partial charge in [0.2, 0.25) is 0 Å². The van der Waals surface area contributed by atoms with Crippen molar-refractivity contribution in [2.45, 2.75) is 18.9 Å². The highest BCUT2D eigenvalue weighted by atomic mass is 19.1. The van der Waals surface area contributed by atoms with Crippen LogP contribution in [0.1, 0.15) is 24.4 Å². The van der Waals surface area contributed by atoms with E-state index in [1.165, 1.54) is 12.6 Å². The molecular formula is C9H11FN2. The normalized spacial score (nSPS) is 22.9. The van der Waals surface area contributed by atoms with E-state index in [4.69, 9.17) is 0 Å². The third-order valence-corrected chi connectivity index (χ3v) is 2.19. The van der Waals surface area contributed by atoms with E-state index in [1.807, 2.05) is 0 Å². The standard InChI is InChI=1S/C9H11FN2/c10-8-4-7(5-11-6-8)9-2-1-3-12-9/h4-6,9,12H,1-3H2/t9-/m0/s1. The smallest absolute Gasteiger partial charge is 0.141 e. The Labute approximate surface area is 70.8 Å². The van der Waals surface area contributed by atoms with Crippen molar-refractivity contribution in [3.05, 3.63) is 29.8 Å². The number of nitrogens with zero attached hydrogens (tertiary/aromatic N) is 1. The average molecular weight is 166 g/mol. The average Bonchev–Trinajstić information content (AvgIpc) is 2.56. The third kappa shape index (κ3) is 1.46. The number of aromatic nitrogens is 1. The summed E-state index contributed by atoms with van der Waals surface area (Å²) in [5.74, 6) is -0.249. The first-order valence-electron chi connectivity index (χ1n) is 4.20. The van der Waals surface area contributed by atoms with Gasteiger partial charge >= 0.3 is 0 Å². The Bertz CT molecular complexity index is 269. The molecule has 2 heterocycles. The van der Waals surface area contributed by atoms with Crippen molar-refractivity contribution in [1.82, 2.24) is 10.3 Å². The van der Waals surface area contributed by atoms with Crippen LogP contribution < -0.4 is 5.32 Å². The molecule has 0 aromatic carbocycles. The summed E-state index contributed by atoms with van der Waals surface area (Å²) in [5, 5.41) is 3.29. The molecule has 12 heavy (non-hydrogen) atoms. The first-order valence-corrected chi connectivity index (χ1v) is 4.20. The molecule has 0 unspecified atom stereocenters. The molecule has 1 saturated heterocycles. The van der Waals surface area contributed by atoms with Gasteiger partial charge in [0, 0.05) is 12.2 Å². The van der Waals surface area contributed by atoms with Gasteiger partial charge in [0.1, 0.15) is 5.82 Å². The number of pyridine rings is 1. The molecule has 1 N–H and O–H groups in total. The molecule has 0 saturated carbocycles. The summed E-state index contributed by atoms with van der Waals surface area (Å²) in [4.78, 5) is 3.81. The van der Waals surface area contributed by atoms with Crippen LogP contribution in [0.25, 0.3) is 0 Å². The maximum atomic E-state index is 12.7. The first-order chi connectivity index (χ1) is 5.86. The van der Waals surface area contributed by atoms with Crippen LogP contribution in [0.2, 0.25) is 0 Å². The number of hydrogen-bond donors (Lipinski definition) is 1. The predicted molar refractivity (Wildman–Crippen MR) is 44.2 cm³/mol. The molecule has 64 valence electrons. The van der Waals surface area contributed by atoms with Crippen LogP contribution in [0.5, 0.6) is 0 Å². The molecule has 0 spiro atoms. The Hall–Kier alpha value is -0.960. The van der Waals surface area contributed by atoms with E-state index in [1.54, 1.807) is 12.3 Å². The summed E-state index contributed by atoms with van der Waals surface area (Å²) in [6, 6.07) is 1.86. The van der Waals surface area contributed by atoms with Crippen LogP contribution >= 0.6 is 0 Å². The Kier molecular flexibility index (Phi) is 2.04. The quantitative estimate of drug-likeness (QED) is 0.686. The lowest BCUT2D eigenvalue weighted by Crippen LogP contribution is -2.13. The van der Waals surface area contributed by atoms with Gasteiger partial charge in [-0.25, -0.2) is 4.39 Å². The maximum absolute atomic E-state index is 12.7. The van der Waals surface area contributed by atoms with Gasteiger partial charge in [-0.3, -0.25) is 4.98 Å². The molecule has 2 nitrogen and oxygen atoms in total. The molecule has 1 aliphatic heterocycles. The summed E-state index contributed by atoms with van der Waals surface area (Å²) in [6.07, 6.45) is 5.22. The van der Waals surface area contributed by atoms with Crippen molar-refractivity contribution in [1.29, 1.82) is 0 Å². The van der Waals surface area contributed by atoms with Crippen molar-refractivity contribution in [2.75, 3.05) is 6.54 Å². The summed E-state index contributed by atoms with van der Waals surface area (Å²) >= 11 is 0. The topological polar surface area (TPSA) is 24.9 Å². The Balaban J connectivity index is 2.21. The number of nitrogens with one attached hydrogen (secondary N) is 1. The minimum atomic E-state index is -0.249. The van der Waals surface area contributed by atoms with Gasteiger partial charge < -0.3 is 5.32 Å².